The second kappa shape index (κ2) is 2.82. The lowest BCUT2D eigenvalue weighted by Gasteiger charge is -2.17. The van der Waals surface area contributed by atoms with Gasteiger partial charge in [-0.25, -0.2) is 0 Å². The van der Waals surface area contributed by atoms with Gasteiger partial charge >= 0.3 is 0 Å². The Morgan fingerprint density at radius 2 is 2.12 bits per heavy atom. The van der Waals surface area contributed by atoms with E-state index in [0.29, 0.717) is 6.42 Å². The molecule has 2 N–H and O–H groups in total. The van der Waals surface area contributed by atoms with Crippen molar-refractivity contribution in [1.29, 1.82) is 5.41 Å². The van der Waals surface area contributed by atoms with Gasteiger partial charge in [0.05, 0.1) is 0 Å². The van der Waals surface area contributed by atoms with Crippen molar-refractivity contribution in [3.05, 3.63) is 0 Å². The quantitative estimate of drug-likeness (QED) is 0.530. The molecule has 0 unspecified atom stereocenters. The molecule has 0 amide bonds. The van der Waals surface area contributed by atoms with Crippen LogP contribution in [0.3, 0.4) is 0 Å². The van der Waals surface area contributed by atoms with Crippen LogP contribution in [0.4, 0.5) is 0 Å². The van der Waals surface area contributed by atoms with Gasteiger partial charge in [-0.05, 0) is 18.1 Å². The summed E-state index contributed by atoms with van der Waals surface area (Å²) in [4.78, 5) is 0. The zero-order valence-corrected chi connectivity index (χ0v) is 5.44. The second-order valence-corrected chi connectivity index (χ2v) is 2.73. The number of nitrogens with one attached hydrogen (secondary N) is 1. The maximum absolute atomic E-state index is 8.62. The normalized spacial score (nSPS) is 11.4. The van der Waals surface area contributed by atoms with Crippen molar-refractivity contribution >= 4 is 6.21 Å². The molecule has 0 rings (SSSR count). The average Bonchev–Trinajstić information content (AvgIpc) is 1.67. The van der Waals surface area contributed by atoms with E-state index >= 15 is 0 Å². The molecule has 0 spiro atoms. The second-order valence-electron chi connectivity index (χ2n) is 2.73. The van der Waals surface area contributed by atoms with E-state index in [1.807, 2.05) is 13.8 Å². The third-order valence-electron chi connectivity index (χ3n) is 1.08. The smallest absolute Gasteiger partial charge is 0.0485 e. The van der Waals surface area contributed by atoms with E-state index in [-0.39, 0.29) is 12.0 Å². The van der Waals surface area contributed by atoms with E-state index in [0.717, 1.165) is 0 Å². The summed E-state index contributed by atoms with van der Waals surface area (Å²) in [6, 6.07) is 0. The SMILES string of the molecule is CC(C)(CO)CC=N. The Balaban J connectivity index is 3.53. The maximum Gasteiger partial charge on any atom is 0.0485 e. The van der Waals surface area contributed by atoms with Crippen LogP contribution >= 0.6 is 0 Å². The lowest BCUT2D eigenvalue weighted by molar-refractivity contribution is 0.167. The van der Waals surface area contributed by atoms with Gasteiger partial charge in [-0.3, -0.25) is 0 Å². The number of aliphatic hydroxyl groups is 1. The van der Waals surface area contributed by atoms with Crippen LogP contribution in [0.15, 0.2) is 0 Å². The molecule has 2 nitrogen and oxygen atoms in total. The van der Waals surface area contributed by atoms with Gasteiger partial charge in [0.25, 0.3) is 0 Å². The Morgan fingerprint density at radius 3 is 2.25 bits per heavy atom. The molecule has 0 aliphatic rings. The highest BCUT2D eigenvalue weighted by molar-refractivity contribution is 5.53. The predicted octanol–water partition coefficient (Wildman–Crippen LogP) is 1.04. The Hall–Kier alpha value is -0.370. The van der Waals surface area contributed by atoms with Gasteiger partial charge in [0.2, 0.25) is 0 Å². The highest BCUT2D eigenvalue weighted by Crippen LogP contribution is 2.16. The van der Waals surface area contributed by atoms with Crippen LogP contribution in [0.25, 0.3) is 0 Å². The molecule has 0 aliphatic carbocycles. The topological polar surface area (TPSA) is 44.1 Å². The minimum Gasteiger partial charge on any atom is -0.396 e. The van der Waals surface area contributed by atoms with E-state index in [1.165, 1.54) is 6.21 Å². The van der Waals surface area contributed by atoms with E-state index < -0.39 is 0 Å². The Morgan fingerprint density at radius 1 is 1.62 bits per heavy atom. The van der Waals surface area contributed by atoms with Crippen LogP contribution in [0.5, 0.6) is 0 Å². The lowest BCUT2D eigenvalue weighted by atomic mass is 9.91. The van der Waals surface area contributed by atoms with E-state index in [1.54, 1.807) is 0 Å². The van der Waals surface area contributed by atoms with Gasteiger partial charge in [-0.1, -0.05) is 13.8 Å². The Bertz CT molecular complexity index is 78.6. The minimum absolute atomic E-state index is 0.0955. The van der Waals surface area contributed by atoms with Crippen molar-refractivity contribution < 1.29 is 5.11 Å². The molecule has 0 bridgehead atoms. The molecule has 0 saturated carbocycles. The molecule has 0 aromatic carbocycles. The van der Waals surface area contributed by atoms with E-state index in [2.05, 4.69) is 0 Å². The van der Waals surface area contributed by atoms with Gasteiger partial charge in [0.15, 0.2) is 0 Å². The average molecular weight is 115 g/mol. The summed E-state index contributed by atoms with van der Waals surface area (Å²) in [5, 5.41) is 15.3. The monoisotopic (exact) mass is 115 g/mol. The predicted molar refractivity (Wildman–Crippen MR) is 34.3 cm³/mol. The first kappa shape index (κ1) is 7.63. The van der Waals surface area contributed by atoms with Crippen LogP contribution in [0.2, 0.25) is 0 Å². The van der Waals surface area contributed by atoms with Crippen molar-refractivity contribution in [3.63, 3.8) is 0 Å². The van der Waals surface area contributed by atoms with Crippen molar-refractivity contribution in [2.75, 3.05) is 6.61 Å². The first-order chi connectivity index (χ1) is 3.62. The van der Waals surface area contributed by atoms with Crippen LogP contribution < -0.4 is 0 Å². The number of aliphatic hydroxyl groups excluding tert-OH is 1. The van der Waals surface area contributed by atoms with Crippen LogP contribution in [0.1, 0.15) is 20.3 Å². The molecule has 0 radical (unpaired) electrons. The number of rotatable bonds is 3. The zero-order valence-electron chi connectivity index (χ0n) is 5.44. The molecular weight excluding hydrogens is 102 g/mol. The first-order valence-corrected chi connectivity index (χ1v) is 2.72. The third kappa shape index (κ3) is 2.75. The van der Waals surface area contributed by atoms with Gasteiger partial charge in [0.1, 0.15) is 0 Å². The van der Waals surface area contributed by atoms with Crippen LogP contribution in [-0.4, -0.2) is 17.9 Å². The van der Waals surface area contributed by atoms with Crippen LogP contribution in [0, 0.1) is 10.8 Å². The Labute approximate surface area is 50.0 Å². The molecule has 0 atom stereocenters. The molecule has 0 fully saturated rings. The summed E-state index contributed by atoms with van der Waals surface area (Å²) < 4.78 is 0. The van der Waals surface area contributed by atoms with Gasteiger partial charge in [0, 0.05) is 6.61 Å². The van der Waals surface area contributed by atoms with Gasteiger partial charge in [-0.2, -0.15) is 0 Å². The maximum atomic E-state index is 8.62. The summed E-state index contributed by atoms with van der Waals surface area (Å²) in [6.07, 6.45) is 1.99. The zero-order chi connectivity index (χ0) is 6.62. The minimum atomic E-state index is -0.0955. The molecular formula is C6H13NO. The molecule has 8 heavy (non-hydrogen) atoms. The number of hydrogen-bond acceptors (Lipinski definition) is 2. The largest absolute Gasteiger partial charge is 0.396 e. The van der Waals surface area contributed by atoms with Crippen molar-refractivity contribution in [1.82, 2.24) is 0 Å². The molecule has 0 saturated heterocycles. The summed E-state index contributed by atoms with van der Waals surface area (Å²) in [7, 11) is 0. The van der Waals surface area contributed by atoms with Crippen molar-refractivity contribution in [2.45, 2.75) is 20.3 Å². The lowest BCUT2D eigenvalue weighted by Crippen LogP contribution is -2.16. The first-order valence-electron chi connectivity index (χ1n) is 2.72. The summed E-state index contributed by atoms with van der Waals surface area (Å²) >= 11 is 0. The van der Waals surface area contributed by atoms with Crippen molar-refractivity contribution in [3.8, 4) is 0 Å². The van der Waals surface area contributed by atoms with Gasteiger partial charge < -0.3 is 10.5 Å². The summed E-state index contributed by atoms with van der Waals surface area (Å²) in [5.41, 5.74) is -0.0955. The summed E-state index contributed by atoms with van der Waals surface area (Å²) in [6.45, 7) is 4.01. The molecule has 0 aliphatic heterocycles. The van der Waals surface area contributed by atoms with Crippen LogP contribution in [-0.2, 0) is 0 Å². The van der Waals surface area contributed by atoms with Gasteiger partial charge in [-0.15, -0.1) is 0 Å². The van der Waals surface area contributed by atoms with Crippen molar-refractivity contribution in [2.24, 2.45) is 5.41 Å². The molecule has 48 valence electrons. The summed E-state index contributed by atoms with van der Waals surface area (Å²) in [5.74, 6) is 0. The highest BCUT2D eigenvalue weighted by Gasteiger charge is 2.13. The fraction of sp³-hybridized carbons (Fsp3) is 0.833. The Kier molecular flexibility index (Phi) is 2.69. The number of hydrogen-bond donors (Lipinski definition) is 2. The third-order valence-corrected chi connectivity index (χ3v) is 1.08. The molecule has 0 aromatic heterocycles. The standard InChI is InChI=1S/C6H13NO/c1-6(2,5-8)3-4-7/h4,7-8H,3,5H2,1-2H3. The molecule has 2 heteroatoms. The fourth-order valence-corrected chi connectivity index (χ4v) is 0.341. The van der Waals surface area contributed by atoms with E-state index in [4.69, 9.17) is 10.5 Å². The molecule has 0 heterocycles. The molecule has 0 aromatic rings. The highest BCUT2D eigenvalue weighted by atomic mass is 16.3. The fourth-order valence-electron chi connectivity index (χ4n) is 0.341. The van der Waals surface area contributed by atoms with E-state index in [9.17, 15) is 0 Å².